The van der Waals surface area contributed by atoms with Gasteiger partial charge in [-0.3, -0.25) is 4.40 Å². The molecule has 2 aromatic rings. The number of ether oxygens (including phenoxy) is 2. The molecular formula is C23H25NO4S. The van der Waals surface area contributed by atoms with E-state index in [9.17, 15) is 9.90 Å². The first-order valence-electron chi connectivity index (χ1n) is 10.4. The number of carboxylic acid groups (broad SMARTS) is 1. The number of carboxylic acids is 1. The van der Waals surface area contributed by atoms with Gasteiger partial charge in [-0.1, -0.05) is 37.1 Å². The summed E-state index contributed by atoms with van der Waals surface area (Å²) in [6.45, 7) is 3.09. The first-order chi connectivity index (χ1) is 14.2. The molecule has 0 saturated heterocycles. The van der Waals surface area contributed by atoms with Crippen LogP contribution in [0.5, 0.6) is 5.88 Å². The Morgan fingerprint density at radius 3 is 2.90 bits per heavy atom. The molecule has 29 heavy (non-hydrogen) atoms. The minimum Gasteiger partial charge on any atom is -0.495 e. The number of rotatable bonds is 4. The first kappa shape index (κ1) is 18.7. The van der Waals surface area contributed by atoms with Crippen molar-refractivity contribution in [1.82, 2.24) is 4.40 Å². The molecule has 2 aromatic heterocycles. The lowest BCUT2D eigenvalue weighted by atomic mass is 9.82. The van der Waals surface area contributed by atoms with E-state index in [1.807, 2.05) is 25.3 Å². The third-order valence-electron chi connectivity index (χ3n) is 6.15. The standard InChI is InChI=1S/C23H25NO4S/c1-2-28-19-11-9-16-20(14-6-4-3-5-7-14)21-17(24(16)19)13-27-12-15-8-10-18(23(25)26)29-22(15)21/h9-11,13-14H,2-8,12H2,1H3,(H,25,26). The van der Waals surface area contributed by atoms with Crippen molar-refractivity contribution in [3.63, 3.8) is 0 Å². The highest BCUT2D eigenvalue weighted by atomic mass is 32.2. The SMILES string of the molecule is CCOc1ccc2c(C3CCCCC3)c3c(n12)=COCC1=C3SC(C(=O)O)=CC1. The van der Waals surface area contributed by atoms with Crippen LogP contribution in [0.15, 0.2) is 28.7 Å². The van der Waals surface area contributed by atoms with Crippen LogP contribution in [0.4, 0.5) is 0 Å². The van der Waals surface area contributed by atoms with Gasteiger partial charge in [-0.25, -0.2) is 4.79 Å². The number of aliphatic carboxylic acids is 1. The highest BCUT2D eigenvalue weighted by molar-refractivity contribution is 8.12. The Bertz CT molecular complexity index is 1090. The summed E-state index contributed by atoms with van der Waals surface area (Å²) in [5.41, 5.74) is 4.85. The molecule has 5 nitrogen and oxygen atoms in total. The van der Waals surface area contributed by atoms with Gasteiger partial charge in [0.2, 0.25) is 0 Å². The molecule has 0 radical (unpaired) electrons. The van der Waals surface area contributed by atoms with Crippen molar-refractivity contribution >= 4 is 34.4 Å². The van der Waals surface area contributed by atoms with Crippen LogP contribution in [-0.2, 0) is 9.53 Å². The van der Waals surface area contributed by atoms with Gasteiger partial charge in [0.05, 0.1) is 22.4 Å². The Morgan fingerprint density at radius 2 is 2.14 bits per heavy atom. The average molecular weight is 412 g/mol. The molecule has 1 saturated carbocycles. The van der Waals surface area contributed by atoms with E-state index in [1.54, 1.807) is 0 Å². The van der Waals surface area contributed by atoms with Gasteiger partial charge in [0.25, 0.3) is 0 Å². The summed E-state index contributed by atoms with van der Waals surface area (Å²) in [6.07, 6.45) is 10.4. The molecule has 0 aromatic carbocycles. The summed E-state index contributed by atoms with van der Waals surface area (Å²) in [5.74, 6) is 0.448. The number of carbonyl (C=O) groups is 1. The van der Waals surface area contributed by atoms with Crippen LogP contribution in [0, 0.1) is 0 Å². The molecule has 0 unspecified atom stereocenters. The Kier molecular flexibility index (Phi) is 4.82. The summed E-state index contributed by atoms with van der Waals surface area (Å²) in [7, 11) is 0. The Morgan fingerprint density at radius 1 is 1.31 bits per heavy atom. The van der Waals surface area contributed by atoms with E-state index in [2.05, 4.69) is 10.5 Å². The van der Waals surface area contributed by atoms with Gasteiger partial charge in [0.15, 0.2) is 5.88 Å². The van der Waals surface area contributed by atoms with Crippen molar-refractivity contribution in [2.75, 3.05) is 13.2 Å². The van der Waals surface area contributed by atoms with Crippen LogP contribution in [-0.4, -0.2) is 28.7 Å². The monoisotopic (exact) mass is 411 g/mol. The highest BCUT2D eigenvalue weighted by Gasteiger charge is 2.32. The normalized spacial score (nSPS) is 19.7. The van der Waals surface area contributed by atoms with E-state index in [-0.39, 0.29) is 0 Å². The maximum atomic E-state index is 11.7. The number of hydrogen-bond donors (Lipinski definition) is 1. The van der Waals surface area contributed by atoms with Gasteiger partial charge in [0.1, 0.15) is 12.9 Å². The fraction of sp³-hybridized carbons (Fsp3) is 0.435. The number of nitrogens with zero attached hydrogens (tertiary/aromatic N) is 1. The zero-order valence-corrected chi connectivity index (χ0v) is 17.4. The lowest BCUT2D eigenvalue weighted by Gasteiger charge is -2.24. The third kappa shape index (κ3) is 3.05. The number of hydrogen-bond acceptors (Lipinski definition) is 4. The molecule has 6 heteroatoms. The molecular weight excluding hydrogens is 386 g/mol. The van der Waals surface area contributed by atoms with E-state index < -0.39 is 5.97 Å². The van der Waals surface area contributed by atoms with Crippen molar-refractivity contribution in [3.05, 3.63) is 45.2 Å². The van der Waals surface area contributed by atoms with Crippen LogP contribution in [0.25, 0.3) is 16.7 Å². The second-order valence-corrected chi connectivity index (χ2v) is 8.93. The van der Waals surface area contributed by atoms with Gasteiger partial charge < -0.3 is 14.6 Å². The van der Waals surface area contributed by atoms with Crippen LogP contribution >= 0.6 is 11.8 Å². The summed E-state index contributed by atoms with van der Waals surface area (Å²) >= 11 is 1.38. The van der Waals surface area contributed by atoms with Crippen molar-refractivity contribution in [2.45, 2.75) is 51.4 Å². The van der Waals surface area contributed by atoms with Gasteiger partial charge >= 0.3 is 5.97 Å². The molecule has 5 rings (SSSR count). The predicted molar refractivity (Wildman–Crippen MR) is 115 cm³/mol. The molecule has 152 valence electrons. The van der Waals surface area contributed by atoms with Crippen molar-refractivity contribution in [2.24, 2.45) is 0 Å². The van der Waals surface area contributed by atoms with E-state index >= 15 is 0 Å². The summed E-state index contributed by atoms with van der Waals surface area (Å²) in [5, 5.41) is 10.6. The Balaban J connectivity index is 1.76. The molecule has 0 amide bonds. The minimum absolute atomic E-state index is 0.405. The average Bonchev–Trinajstić information content (AvgIpc) is 3.21. The van der Waals surface area contributed by atoms with Crippen molar-refractivity contribution in [3.8, 4) is 5.88 Å². The molecule has 0 bridgehead atoms. The molecule has 0 spiro atoms. The van der Waals surface area contributed by atoms with Crippen LogP contribution in [0.1, 0.15) is 62.5 Å². The quantitative estimate of drug-likeness (QED) is 0.791. The highest BCUT2D eigenvalue weighted by Crippen LogP contribution is 2.47. The zero-order chi connectivity index (χ0) is 20.0. The van der Waals surface area contributed by atoms with Crippen LogP contribution in [0.2, 0.25) is 0 Å². The molecule has 3 aliphatic rings. The second-order valence-electron chi connectivity index (χ2n) is 7.88. The molecule has 2 aliphatic heterocycles. The fourth-order valence-corrected chi connectivity index (χ4v) is 5.98. The van der Waals surface area contributed by atoms with E-state index in [0.717, 1.165) is 21.7 Å². The maximum absolute atomic E-state index is 11.7. The fourth-order valence-electron chi connectivity index (χ4n) is 4.91. The van der Waals surface area contributed by atoms with Crippen molar-refractivity contribution in [1.29, 1.82) is 0 Å². The van der Waals surface area contributed by atoms with E-state index in [1.165, 1.54) is 60.5 Å². The Labute approximate surface area is 174 Å². The van der Waals surface area contributed by atoms with Gasteiger partial charge in [0, 0.05) is 16.5 Å². The number of fused-ring (bicyclic) bond motifs is 4. The van der Waals surface area contributed by atoms with E-state index in [4.69, 9.17) is 9.47 Å². The lowest BCUT2D eigenvalue weighted by Crippen LogP contribution is -2.15. The molecule has 0 atom stereocenters. The molecule has 1 fully saturated rings. The van der Waals surface area contributed by atoms with Gasteiger partial charge in [-0.15, -0.1) is 0 Å². The Hall–Kier alpha value is -2.34. The molecule has 1 aliphatic carbocycles. The van der Waals surface area contributed by atoms with Gasteiger partial charge in [-0.05, 0) is 49.3 Å². The number of aromatic nitrogens is 1. The predicted octanol–water partition coefficient (Wildman–Crippen LogP) is 4.69. The summed E-state index contributed by atoms with van der Waals surface area (Å²) in [4.78, 5) is 13.2. The van der Waals surface area contributed by atoms with Crippen LogP contribution in [0.3, 0.4) is 0 Å². The number of allylic oxidation sites excluding steroid dienone is 1. The molecule has 1 N–H and O–H groups in total. The summed E-state index contributed by atoms with van der Waals surface area (Å²) in [6, 6.07) is 4.19. The zero-order valence-electron chi connectivity index (χ0n) is 16.6. The first-order valence-corrected chi connectivity index (χ1v) is 11.3. The molecule has 4 heterocycles. The topological polar surface area (TPSA) is 60.2 Å². The summed E-state index contributed by atoms with van der Waals surface area (Å²) < 4.78 is 14.0. The smallest absolute Gasteiger partial charge is 0.342 e. The van der Waals surface area contributed by atoms with E-state index in [0.29, 0.717) is 30.5 Å². The second kappa shape index (κ2) is 7.48. The maximum Gasteiger partial charge on any atom is 0.342 e. The number of thioether (sulfide) groups is 1. The minimum atomic E-state index is -0.857. The van der Waals surface area contributed by atoms with Crippen LogP contribution < -0.4 is 10.1 Å². The largest absolute Gasteiger partial charge is 0.495 e. The van der Waals surface area contributed by atoms with Gasteiger partial charge in [-0.2, -0.15) is 0 Å². The lowest BCUT2D eigenvalue weighted by molar-refractivity contribution is -0.131. The van der Waals surface area contributed by atoms with Crippen molar-refractivity contribution < 1.29 is 19.4 Å². The third-order valence-corrected chi connectivity index (χ3v) is 7.41.